The second kappa shape index (κ2) is 7.05. The first-order chi connectivity index (χ1) is 13.6. The van der Waals surface area contributed by atoms with Crippen LogP contribution in [0.5, 0.6) is 5.75 Å². The van der Waals surface area contributed by atoms with E-state index < -0.39 is 0 Å². The SMILES string of the molecule is CCN1C(=O)c2cccc3c(NC(=O)COc4ccc(C#N)cc4)ccc1c23. The van der Waals surface area contributed by atoms with Crippen LogP contribution in [0.3, 0.4) is 0 Å². The normalized spacial score (nSPS) is 12.1. The van der Waals surface area contributed by atoms with Gasteiger partial charge in [0, 0.05) is 28.6 Å². The number of amides is 2. The van der Waals surface area contributed by atoms with Crippen LogP contribution in [-0.4, -0.2) is 25.0 Å². The second-order valence-electron chi connectivity index (χ2n) is 6.38. The van der Waals surface area contributed by atoms with Gasteiger partial charge in [0.05, 0.1) is 17.3 Å². The third kappa shape index (κ3) is 2.93. The summed E-state index contributed by atoms with van der Waals surface area (Å²) in [5, 5.41) is 13.4. The van der Waals surface area contributed by atoms with Crippen molar-refractivity contribution in [3.63, 3.8) is 0 Å². The largest absolute Gasteiger partial charge is 0.484 e. The van der Waals surface area contributed by atoms with Gasteiger partial charge in [0.1, 0.15) is 5.75 Å². The molecular formula is C22H17N3O3. The average molecular weight is 371 g/mol. The lowest BCUT2D eigenvalue weighted by atomic mass is 10.0. The quantitative estimate of drug-likeness (QED) is 0.741. The molecule has 0 radical (unpaired) electrons. The molecule has 6 heteroatoms. The molecule has 4 rings (SSSR count). The summed E-state index contributed by atoms with van der Waals surface area (Å²) in [5.74, 6) is 0.191. The van der Waals surface area contributed by atoms with Crippen LogP contribution in [0.1, 0.15) is 22.8 Å². The number of ether oxygens (including phenoxy) is 1. The van der Waals surface area contributed by atoms with Crippen LogP contribution >= 0.6 is 0 Å². The number of anilines is 2. The van der Waals surface area contributed by atoms with Gasteiger partial charge >= 0.3 is 0 Å². The highest BCUT2D eigenvalue weighted by Crippen LogP contribution is 2.40. The molecular weight excluding hydrogens is 354 g/mol. The molecule has 138 valence electrons. The van der Waals surface area contributed by atoms with E-state index in [1.807, 2.05) is 43.3 Å². The summed E-state index contributed by atoms with van der Waals surface area (Å²) in [5.41, 5.74) is 2.68. The molecule has 1 heterocycles. The van der Waals surface area contributed by atoms with Gasteiger partial charge in [-0.3, -0.25) is 9.59 Å². The minimum Gasteiger partial charge on any atom is -0.484 e. The van der Waals surface area contributed by atoms with Crippen molar-refractivity contribution in [2.45, 2.75) is 6.92 Å². The van der Waals surface area contributed by atoms with E-state index in [9.17, 15) is 9.59 Å². The van der Waals surface area contributed by atoms with Gasteiger partial charge in [-0.2, -0.15) is 5.26 Å². The standard InChI is InChI=1S/C22H17N3O3/c1-2-25-19-11-10-18(16-4-3-5-17(21(16)19)22(25)27)24-20(26)13-28-15-8-6-14(12-23)7-9-15/h3-11H,2,13H2,1H3,(H,24,26). The maximum Gasteiger partial charge on any atom is 0.262 e. The van der Waals surface area contributed by atoms with Crippen LogP contribution < -0.4 is 15.0 Å². The molecule has 0 saturated carbocycles. The van der Waals surface area contributed by atoms with E-state index in [0.717, 1.165) is 16.5 Å². The maximum absolute atomic E-state index is 12.5. The molecule has 3 aromatic carbocycles. The fourth-order valence-corrected chi connectivity index (χ4v) is 3.43. The van der Waals surface area contributed by atoms with Gasteiger partial charge in [0.25, 0.3) is 11.8 Å². The Morgan fingerprint density at radius 3 is 2.64 bits per heavy atom. The van der Waals surface area contributed by atoms with Gasteiger partial charge in [0.2, 0.25) is 0 Å². The van der Waals surface area contributed by atoms with Gasteiger partial charge < -0.3 is 15.0 Å². The molecule has 0 aliphatic carbocycles. The maximum atomic E-state index is 12.5. The molecule has 1 aliphatic heterocycles. The summed E-state index contributed by atoms with van der Waals surface area (Å²) in [6.07, 6.45) is 0. The summed E-state index contributed by atoms with van der Waals surface area (Å²) in [6, 6.07) is 17.8. The summed E-state index contributed by atoms with van der Waals surface area (Å²) in [6.45, 7) is 2.37. The lowest BCUT2D eigenvalue weighted by Gasteiger charge is -2.15. The fraction of sp³-hybridized carbons (Fsp3) is 0.136. The third-order valence-electron chi connectivity index (χ3n) is 4.73. The van der Waals surface area contributed by atoms with Crippen molar-refractivity contribution < 1.29 is 14.3 Å². The molecule has 1 aliphatic rings. The van der Waals surface area contributed by atoms with E-state index in [-0.39, 0.29) is 18.4 Å². The van der Waals surface area contributed by atoms with Crippen LogP contribution in [0.4, 0.5) is 11.4 Å². The first kappa shape index (κ1) is 17.6. The zero-order chi connectivity index (χ0) is 19.7. The molecule has 3 aromatic rings. The minimum atomic E-state index is -0.304. The molecule has 0 aromatic heterocycles. The Morgan fingerprint density at radius 2 is 1.93 bits per heavy atom. The van der Waals surface area contributed by atoms with Crippen LogP contribution in [-0.2, 0) is 4.79 Å². The van der Waals surface area contributed by atoms with Crippen molar-refractivity contribution >= 4 is 34.0 Å². The number of rotatable bonds is 5. The molecule has 0 unspecified atom stereocenters. The van der Waals surface area contributed by atoms with Crippen LogP contribution in [0.2, 0.25) is 0 Å². The Balaban J connectivity index is 1.54. The van der Waals surface area contributed by atoms with Crippen molar-refractivity contribution in [2.24, 2.45) is 0 Å². The van der Waals surface area contributed by atoms with Gasteiger partial charge in [-0.1, -0.05) is 12.1 Å². The van der Waals surface area contributed by atoms with Crippen molar-refractivity contribution in [2.75, 3.05) is 23.4 Å². The van der Waals surface area contributed by atoms with Crippen molar-refractivity contribution in [1.82, 2.24) is 0 Å². The molecule has 0 bridgehead atoms. The van der Waals surface area contributed by atoms with E-state index in [1.54, 1.807) is 29.2 Å². The van der Waals surface area contributed by atoms with Crippen LogP contribution in [0, 0.1) is 11.3 Å². The third-order valence-corrected chi connectivity index (χ3v) is 4.73. The molecule has 1 N–H and O–H groups in total. The second-order valence-corrected chi connectivity index (χ2v) is 6.38. The number of nitrogens with zero attached hydrogens (tertiary/aromatic N) is 2. The van der Waals surface area contributed by atoms with E-state index in [4.69, 9.17) is 10.00 Å². The summed E-state index contributed by atoms with van der Waals surface area (Å²) in [7, 11) is 0. The lowest BCUT2D eigenvalue weighted by Crippen LogP contribution is -2.25. The molecule has 0 spiro atoms. The van der Waals surface area contributed by atoms with Gasteiger partial charge in [-0.25, -0.2) is 0 Å². The number of carbonyl (C=O) groups is 2. The average Bonchev–Trinajstić information content (AvgIpc) is 3.01. The predicted octanol–water partition coefficient (Wildman–Crippen LogP) is 3.71. The Hall–Kier alpha value is -3.85. The van der Waals surface area contributed by atoms with Gasteiger partial charge in [-0.05, 0) is 49.4 Å². The fourth-order valence-electron chi connectivity index (χ4n) is 3.43. The highest BCUT2D eigenvalue weighted by molar-refractivity contribution is 6.27. The molecule has 28 heavy (non-hydrogen) atoms. The van der Waals surface area contributed by atoms with Gasteiger partial charge in [0.15, 0.2) is 6.61 Å². The van der Waals surface area contributed by atoms with Crippen molar-refractivity contribution in [1.29, 1.82) is 5.26 Å². The Kier molecular flexibility index (Phi) is 4.42. The minimum absolute atomic E-state index is 0.0178. The Bertz CT molecular complexity index is 1130. The highest BCUT2D eigenvalue weighted by Gasteiger charge is 2.29. The predicted molar refractivity (Wildman–Crippen MR) is 107 cm³/mol. The first-order valence-corrected chi connectivity index (χ1v) is 8.92. The topological polar surface area (TPSA) is 82.4 Å². The number of nitriles is 1. The Labute approximate surface area is 161 Å². The number of benzene rings is 3. The Morgan fingerprint density at radius 1 is 1.14 bits per heavy atom. The summed E-state index contributed by atoms with van der Waals surface area (Å²) in [4.78, 5) is 26.6. The monoisotopic (exact) mass is 371 g/mol. The summed E-state index contributed by atoms with van der Waals surface area (Å²) < 4.78 is 5.48. The first-order valence-electron chi connectivity index (χ1n) is 8.92. The number of hydrogen-bond donors (Lipinski definition) is 1. The zero-order valence-corrected chi connectivity index (χ0v) is 15.2. The van der Waals surface area contributed by atoms with Crippen LogP contribution in [0.15, 0.2) is 54.6 Å². The van der Waals surface area contributed by atoms with Crippen LogP contribution in [0.25, 0.3) is 10.8 Å². The molecule has 0 saturated heterocycles. The lowest BCUT2D eigenvalue weighted by molar-refractivity contribution is -0.118. The van der Waals surface area contributed by atoms with E-state index in [1.165, 1.54) is 0 Å². The summed E-state index contributed by atoms with van der Waals surface area (Å²) >= 11 is 0. The van der Waals surface area contributed by atoms with Crippen molar-refractivity contribution in [3.05, 3.63) is 65.7 Å². The molecule has 0 atom stereocenters. The number of nitrogens with one attached hydrogen (secondary N) is 1. The smallest absolute Gasteiger partial charge is 0.262 e. The molecule has 0 fully saturated rings. The van der Waals surface area contributed by atoms with Gasteiger partial charge in [-0.15, -0.1) is 0 Å². The van der Waals surface area contributed by atoms with E-state index >= 15 is 0 Å². The van der Waals surface area contributed by atoms with E-state index in [2.05, 4.69) is 5.32 Å². The molecule has 2 amide bonds. The zero-order valence-electron chi connectivity index (χ0n) is 15.2. The van der Waals surface area contributed by atoms with E-state index in [0.29, 0.717) is 29.1 Å². The van der Waals surface area contributed by atoms with Crippen molar-refractivity contribution in [3.8, 4) is 11.8 Å². The number of carbonyl (C=O) groups excluding carboxylic acids is 2. The highest BCUT2D eigenvalue weighted by atomic mass is 16.5. The number of hydrogen-bond acceptors (Lipinski definition) is 4. The molecule has 6 nitrogen and oxygen atoms in total.